The standard InChI is InChI=1S/C24H15N3O3/c28-22(19-7-1-4-10-25-19)16-13-17(23(29)20-8-2-5-11-26-20)15-18(14-16)24(30)21-9-3-6-12-27-21/h1-15H. The third-order valence-electron chi connectivity index (χ3n) is 4.41. The molecule has 144 valence electrons. The highest BCUT2D eigenvalue weighted by atomic mass is 16.1. The number of nitrogens with zero attached hydrogens (tertiary/aromatic N) is 3. The van der Waals surface area contributed by atoms with Gasteiger partial charge in [-0.2, -0.15) is 0 Å². The smallest absolute Gasteiger partial charge is 0.211 e. The maximum Gasteiger partial charge on any atom is 0.211 e. The van der Waals surface area contributed by atoms with Gasteiger partial charge in [0, 0.05) is 35.3 Å². The average molecular weight is 393 g/mol. The number of aromatic nitrogens is 3. The van der Waals surface area contributed by atoms with Crippen molar-refractivity contribution in [2.75, 3.05) is 0 Å². The molecule has 3 heterocycles. The second-order valence-corrected chi connectivity index (χ2v) is 6.43. The van der Waals surface area contributed by atoms with Gasteiger partial charge in [-0.05, 0) is 54.6 Å². The fourth-order valence-electron chi connectivity index (χ4n) is 2.96. The van der Waals surface area contributed by atoms with E-state index >= 15 is 0 Å². The van der Waals surface area contributed by atoms with Crippen LogP contribution in [0.5, 0.6) is 0 Å². The van der Waals surface area contributed by atoms with Crippen molar-refractivity contribution in [3.8, 4) is 0 Å². The molecule has 0 aliphatic carbocycles. The Balaban J connectivity index is 1.83. The first-order valence-electron chi connectivity index (χ1n) is 9.16. The molecular weight excluding hydrogens is 378 g/mol. The van der Waals surface area contributed by atoms with E-state index < -0.39 is 0 Å². The minimum Gasteiger partial charge on any atom is -0.287 e. The molecule has 3 aromatic heterocycles. The molecule has 6 nitrogen and oxygen atoms in total. The van der Waals surface area contributed by atoms with Crippen molar-refractivity contribution in [2.24, 2.45) is 0 Å². The lowest BCUT2D eigenvalue weighted by molar-refractivity contribution is 0.103. The van der Waals surface area contributed by atoms with Gasteiger partial charge in [-0.15, -0.1) is 0 Å². The van der Waals surface area contributed by atoms with Crippen LogP contribution < -0.4 is 0 Å². The molecule has 0 radical (unpaired) electrons. The van der Waals surface area contributed by atoms with Crippen LogP contribution in [0.3, 0.4) is 0 Å². The van der Waals surface area contributed by atoms with E-state index in [1.807, 2.05) is 0 Å². The molecule has 0 aliphatic heterocycles. The number of benzene rings is 1. The topological polar surface area (TPSA) is 89.9 Å². The molecule has 0 N–H and O–H groups in total. The number of hydrogen-bond acceptors (Lipinski definition) is 6. The van der Waals surface area contributed by atoms with Crippen LogP contribution in [0.15, 0.2) is 91.4 Å². The normalized spacial score (nSPS) is 10.4. The lowest BCUT2D eigenvalue weighted by Crippen LogP contribution is -2.12. The van der Waals surface area contributed by atoms with E-state index in [1.165, 1.54) is 36.8 Å². The van der Waals surface area contributed by atoms with E-state index in [1.54, 1.807) is 54.6 Å². The van der Waals surface area contributed by atoms with E-state index in [9.17, 15) is 14.4 Å². The molecule has 0 aliphatic rings. The van der Waals surface area contributed by atoms with E-state index in [4.69, 9.17) is 0 Å². The molecule has 0 bridgehead atoms. The summed E-state index contributed by atoms with van der Waals surface area (Å²) in [5.41, 5.74) is 1.22. The Hall–Kier alpha value is -4.32. The third-order valence-corrected chi connectivity index (χ3v) is 4.41. The van der Waals surface area contributed by atoms with Crippen LogP contribution >= 0.6 is 0 Å². The summed E-state index contributed by atoms with van der Waals surface area (Å²) in [4.78, 5) is 51.1. The lowest BCUT2D eigenvalue weighted by atomic mass is 9.95. The summed E-state index contributed by atoms with van der Waals surface area (Å²) in [5, 5.41) is 0. The van der Waals surface area contributed by atoms with Gasteiger partial charge in [0.2, 0.25) is 17.3 Å². The Morgan fingerprint density at radius 3 is 1.00 bits per heavy atom. The number of carbonyl (C=O) groups excluding carboxylic acids is 3. The van der Waals surface area contributed by atoms with Crippen molar-refractivity contribution in [2.45, 2.75) is 0 Å². The van der Waals surface area contributed by atoms with Crippen molar-refractivity contribution in [3.63, 3.8) is 0 Å². The Labute approximate surface area is 172 Å². The summed E-state index contributed by atoms with van der Waals surface area (Å²) in [6.07, 6.45) is 4.53. The SMILES string of the molecule is O=C(c1cc(C(=O)c2ccccn2)cc(C(=O)c2ccccn2)c1)c1ccccn1. The van der Waals surface area contributed by atoms with Gasteiger partial charge in [-0.3, -0.25) is 29.3 Å². The summed E-state index contributed by atoms with van der Waals surface area (Å²) in [6.45, 7) is 0. The summed E-state index contributed by atoms with van der Waals surface area (Å²) < 4.78 is 0. The number of carbonyl (C=O) groups is 3. The van der Waals surface area contributed by atoms with Gasteiger partial charge in [0.25, 0.3) is 0 Å². The molecular formula is C24H15N3O3. The zero-order chi connectivity index (χ0) is 20.9. The monoisotopic (exact) mass is 393 g/mol. The largest absolute Gasteiger partial charge is 0.287 e. The van der Waals surface area contributed by atoms with Crippen LogP contribution in [0, 0.1) is 0 Å². The molecule has 0 saturated heterocycles. The summed E-state index contributed by atoms with van der Waals surface area (Å²) in [5.74, 6) is -1.16. The molecule has 0 fully saturated rings. The summed E-state index contributed by atoms with van der Waals surface area (Å²) in [7, 11) is 0. The quantitative estimate of drug-likeness (QED) is 0.465. The molecule has 0 saturated carbocycles. The summed E-state index contributed by atoms with van der Waals surface area (Å²) in [6, 6.07) is 19.3. The van der Waals surface area contributed by atoms with Crippen LogP contribution in [0.1, 0.15) is 48.2 Å². The average Bonchev–Trinajstić information content (AvgIpc) is 2.84. The van der Waals surface area contributed by atoms with Gasteiger partial charge in [0.05, 0.1) is 0 Å². The van der Waals surface area contributed by atoms with Gasteiger partial charge < -0.3 is 0 Å². The van der Waals surface area contributed by atoms with Crippen LogP contribution in [0.25, 0.3) is 0 Å². The molecule has 4 rings (SSSR count). The minimum absolute atomic E-state index is 0.190. The van der Waals surface area contributed by atoms with E-state index in [2.05, 4.69) is 15.0 Å². The highest BCUT2D eigenvalue weighted by molar-refractivity contribution is 6.16. The van der Waals surface area contributed by atoms with Gasteiger partial charge in [0.1, 0.15) is 17.1 Å². The molecule has 0 amide bonds. The van der Waals surface area contributed by atoms with Crippen molar-refractivity contribution in [1.29, 1.82) is 0 Å². The Kier molecular flexibility index (Phi) is 5.30. The Morgan fingerprint density at radius 2 is 0.767 bits per heavy atom. The Bertz CT molecular complexity index is 1060. The van der Waals surface area contributed by atoms with Crippen LogP contribution in [-0.4, -0.2) is 32.3 Å². The van der Waals surface area contributed by atoms with E-state index in [0.29, 0.717) is 0 Å². The van der Waals surface area contributed by atoms with Crippen molar-refractivity contribution < 1.29 is 14.4 Å². The lowest BCUT2D eigenvalue weighted by Gasteiger charge is -2.08. The number of hydrogen-bond donors (Lipinski definition) is 0. The fraction of sp³-hybridized carbons (Fsp3) is 0. The summed E-state index contributed by atoms with van der Waals surface area (Å²) >= 11 is 0. The fourth-order valence-corrected chi connectivity index (χ4v) is 2.96. The van der Waals surface area contributed by atoms with Crippen LogP contribution in [0.2, 0.25) is 0 Å². The molecule has 4 aromatic rings. The highest BCUT2D eigenvalue weighted by Gasteiger charge is 2.20. The molecule has 0 atom stereocenters. The number of pyridine rings is 3. The van der Waals surface area contributed by atoms with Crippen molar-refractivity contribution in [1.82, 2.24) is 15.0 Å². The third kappa shape index (κ3) is 3.93. The first-order valence-corrected chi connectivity index (χ1v) is 9.16. The molecule has 1 aromatic carbocycles. The van der Waals surface area contributed by atoms with Crippen LogP contribution in [-0.2, 0) is 0 Å². The zero-order valence-electron chi connectivity index (χ0n) is 15.7. The maximum atomic E-state index is 13.0. The predicted molar refractivity (Wildman–Crippen MR) is 109 cm³/mol. The Morgan fingerprint density at radius 1 is 0.467 bits per heavy atom. The second-order valence-electron chi connectivity index (χ2n) is 6.43. The highest BCUT2D eigenvalue weighted by Crippen LogP contribution is 2.19. The van der Waals surface area contributed by atoms with Gasteiger partial charge in [-0.25, -0.2) is 0 Å². The second kappa shape index (κ2) is 8.36. The van der Waals surface area contributed by atoms with Crippen molar-refractivity contribution in [3.05, 3.63) is 125 Å². The van der Waals surface area contributed by atoms with E-state index in [0.717, 1.165) is 0 Å². The van der Waals surface area contributed by atoms with Gasteiger partial charge in [0.15, 0.2) is 0 Å². The number of ketones is 3. The molecule has 6 heteroatoms. The molecule has 30 heavy (non-hydrogen) atoms. The molecule has 0 unspecified atom stereocenters. The van der Waals surface area contributed by atoms with Gasteiger partial charge >= 0.3 is 0 Å². The minimum atomic E-state index is -0.388. The maximum absolute atomic E-state index is 13.0. The van der Waals surface area contributed by atoms with Gasteiger partial charge in [-0.1, -0.05) is 18.2 Å². The van der Waals surface area contributed by atoms with Crippen LogP contribution in [0.4, 0.5) is 0 Å². The first kappa shape index (κ1) is 19.0. The first-order chi connectivity index (χ1) is 14.6. The molecule has 0 spiro atoms. The zero-order valence-corrected chi connectivity index (χ0v) is 15.7. The van der Waals surface area contributed by atoms with Crippen molar-refractivity contribution >= 4 is 17.3 Å². The van der Waals surface area contributed by atoms with E-state index in [-0.39, 0.29) is 51.1 Å². The predicted octanol–water partition coefficient (Wildman–Crippen LogP) is 3.56. The number of rotatable bonds is 6.